The molecule has 0 saturated heterocycles. The van der Waals surface area contributed by atoms with Gasteiger partial charge in [0.05, 0.1) is 17.0 Å². The van der Waals surface area contributed by atoms with Crippen molar-refractivity contribution in [1.82, 2.24) is 10.6 Å². The van der Waals surface area contributed by atoms with Crippen molar-refractivity contribution < 1.29 is 21.6 Å². The average Bonchev–Trinajstić information content (AvgIpc) is 2.65. The summed E-state index contributed by atoms with van der Waals surface area (Å²) in [6, 6.07) is 11.7. The average molecular weight is 427 g/mol. The normalized spacial score (nSPS) is 12.7. The van der Waals surface area contributed by atoms with Crippen LogP contribution in [0.25, 0.3) is 0 Å². The Labute approximate surface area is 169 Å². The smallest absolute Gasteiger partial charge is 0.357 e. The zero-order valence-corrected chi connectivity index (χ0v) is 17.1. The molecule has 0 aliphatic carbocycles. The van der Waals surface area contributed by atoms with Gasteiger partial charge in [-0.1, -0.05) is 24.3 Å². The summed E-state index contributed by atoms with van der Waals surface area (Å²) in [5, 5.41) is 6.18. The summed E-state index contributed by atoms with van der Waals surface area (Å²) in [5.41, 5.74) is 0.729. The molecule has 2 aromatic rings. The molecule has 2 rings (SSSR count). The first-order valence-corrected chi connectivity index (χ1v) is 11.0. The number of sulfone groups is 1. The topological polar surface area (TPSA) is 70.6 Å². The first kappa shape index (κ1) is 22.7. The molecule has 0 atom stereocenters. The van der Waals surface area contributed by atoms with Crippen LogP contribution in [-0.2, 0) is 29.0 Å². The van der Waals surface area contributed by atoms with Crippen LogP contribution in [0.2, 0.25) is 0 Å². The Balaban J connectivity index is 1.96. The number of benzene rings is 2. The zero-order valence-electron chi connectivity index (χ0n) is 16.3. The van der Waals surface area contributed by atoms with Gasteiger partial charge in [0.15, 0.2) is 15.8 Å². The Bertz CT molecular complexity index is 940. The fourth-order valence-electron chi connectivity index (χ4n) is 2.59. The standard InChI is InChI=1S/C20H24F3N3O2S/c1-3-24-19(26-14-16-5-4-6-17(13-16)20(21,22)23)25-12-11-15-7-9-18(10-8-15)29(2,27)28/h4-10,13H,3,11-12,14H2,1-2H3,(H2,24,25,26). The molecular weight excluding hydrogens is 403 g/mol. The molecule has 9 heteroatoms. The molecule has 0 fully saturated rings. The molecule has 29 heavy (non-hydrogen) atoms. The minimum Gasteiger partial charge on any atom is -0.357 e. The Hall–Kier alpha value is -2.55. The summed E-state index contributed by atoms with van der Waals surface area (Å²) in [6.07, 6.45) is -2.58. The van der Waals surface area contributed by atoms with Crippen LogP contribution < -0.4 is 10.6 Å². The van der Waals surface area contributed by atoms with Crippen molar-refractivity contribution >= 4 is 15.8 Å². The first-order valence-electron chi connectivity index (χ1n) is 9.07. The van der Waals surface area contributed by atoms with E-state index in [-0.39, 0.29) is 11.4 Å². The molecule has 0 spiro atoms. The molecule has 0 amide bonds. The van der Waals surface area contributed by atoms with Crippen LogP contribution in [0.5, 0.6) is 0 Å². The fraction of sp³-hybridized carbons (Fsp3) is 0.350. The Morgan fingerprint density at radius 2 is 1.72 bits per heavy atom. The second kappa shape index (κ2) is 9.78. The third-order valence-electron chi connectivity index (χ3n) is 4.08. The summed E-state index contributed by atoms with van der Waals surface area (Å²) in [4.78, 5) is 4.60. The molecular formula is C20H24F3N3O2S. The van der Waals surface area contributed by atoms with Crippen molar-refractivity contribution in [2.75, 3.05) is 19.3 Å². The van der Waals surface area contributed by atoms with E-state index in [1.807, 2.05) is 6.92 Å². The van der Waals surface area contributed by atoms with Gasteiger partial charge in [0, 0.05) is 19.3 Å². The van der Waals surface area contributed by atoms with E-state index in [1.54, 1.807) is 30.3 Å². The Morgan fingerprint density at radius 3 is 2.31 bits per heavy atom. The highest BCUT2D eigenvalue weighted by atomic mass is 32.2. The summed E-state index contributed by atoms with van der Waals surface area (Å²) >= 11 is 0. The number of hydrogen-bond donors (Lipinski definition) is 2. The van der Waals surface area contributed by atoms with Crippen molar-refractivity contribution in [3.05, 3.63) is 65.2 Å². The molecule has 0 aliphatic rings. The lowest BCUT2D eigenvalue weighted by Gasteiger charge is -2.12. The van der Waals surface area contributed by atoms with Gasteiger partial charge in [-0.2, -0.15) is 13.2 Å². The number of rotatable bonds is 7. The predicted molar refractivity (Wildman–Crippen MR) is 108 cm³/mol. The molecule has 0 bridgehead atoms. The molecule has 158 valence electrons. The van der Waals surface area contributed by atoms with Crippen molar-refractivity contribution in [1.29, 1.82) is 0 Å². The molecule has 0 radical (unpaired) electrons. The lowest BCUT2D eigenvalue weighted by molar-refractivity contribution is -0.137. The molecule has 5 nitrogen and oxygen atoms in total. The second-order valence-corrected chi connectivity index (χ2v) is 8.50. The van der Waals surface area contributed by atoms with Crippen LogP contribution in [0.3, 0.4) is 0 Å². The quantitative estimate of drug-likeness (QED) is 0.525. The van der Waals surface area contributed by atoms with Crippen molar-refractivity contribution in [3.63, 3.8) is 0 Å². The lowest BCUT2D eigenvalue weighted by Crippen LogP contribution is -2.38. The van der Waals surface area contributed by atoms with Gasteiger partial charge in [0.25, 0.3) is 0 Å². The highest BCUT2D eigenvalue weighted by Gasteiger charge is 2.30. The summed E-state index contributed by atoms with van der Waals surface area (Å²) in [7, 11) is -3.22. The van der Waals surface area contributed by atoms with Gasteiger partial charge in [0.1, 0.15) is 0 Å². The van der Waals surface area contributed by atoms with Crippen LogP contribution in [0.1, 0.15) is 23.6 Å². The van der Waals surface area contributed by atoms with Gasteiger partial charge < -0.3 is 10.6 Å². The molecule has 0 unspecified atom stereocenters. The van der Waals surface area contributed by atoms with E-state index < -0.39 is 21.6 Å². The largest absolute Gasteiger partial charge is 0.416 e. The molecule has 0 heterocycles. The number of hydrogen-bond acceptors (Lipinski definition) is 3. The lowest BCUT2D eigenvalue weighted by atomic mass is 10.1. The fourth-order valence-corrected chi connectivity index (χ4v) is 3.22. The van der Waals surface area contributed by atoms with E-state index in [0.717, 1.165) is 24.0 Å². The summed E-state index contributed by atoms with van der Waals surface area (Å²) in [5.74, 6) is 0.498. The molecule has 0 saturated carbocycles. The third-order valence-corrected chi connectivity index (χ3v) is 5.20. The number of nitrogens with zero attached hydrogens (tertiary/aromatic N) is 1. The highest BCUT2D eigenvalue weighted by Crippen LogP contribution is 2.29. The third kappa shape index (κ3) is 7.41. The first-order chi connectivity index (χ1) is 13.6. The van der Waals surface area contributed by atoms with E-state index in [9.17, 15) is 21.6 Å². The number of guanidine groups is 1. The maximum atomic E-state index is 12.8. The van der Waals surface area contributed by atoms with Gasteiger partial charge in [-0.3, -0.25) is 0 Å². The van der Waals surface area contributed by atoms with Gasteiger partial charge in [-0.05, 0) is 48.7 Å². The Kier molecular flexibility index (Phi) is 7.66. The molecule has 0 aliphatic heterocycles. The summed E-state index contributed by atoms with van der Waals surface area (Å²) in [6.45, 7) is 3.15. The van der Waals surface area contributed by atoms with E-state index in [0.29, 0.717) is 31.0 Å². The van der Waals surface area contributed by atoms with E-state index in [4.69, 9.17) is 0 Å². The van der Waals surface area contributed by atoms with Crippen molar-refractivity contribution in [2.24, 2.45) is 4.99 Å². The van der Waals surface area contributed by atoms with Crippen LogP contribution in [-0.4, -0.2) is 33.7 Å². The maximum absolute atomic E-state index is 12.8. The van der Waals surface area contributed by atoms with Gasteiger partial charge in [-0.15, -0.1) is 0 Å². The van der Waals surface area contributed by atoms with Crippen LogP contribution >= 0.6 is 0 Å². The molecule has 0 aromatic heterocycles. The highest BCUT2D eigenvalue weighted by molar-refractivity contribution is 7.90. The number of halogens is 3. The number of aliphatic imine (C=N–C) groups is 1. The predicted octanol–water partition coefficient (Wildman–Crippen LogP) is 3.41. The van der Waals surface area contributed by atoms with E-state index >= 15 is 0 Å². The van der Waals surface area contributed by atoms with Crippen LogP contribution in [0.4, 0.5) is 13.2 Å². The minimum atomic E-state index is -4.38. The van der Waals surface area contributed by atoms with Crippen LogP contribution in [0.15, 0.2) is 58.4 Å². The van der Waals surface area contributed by atoms with Crippen molar-refractivity contribution in [2.45, 2.75) is 31.0 Å². The Morgan fingerprint density at radius 1 is 1.03 bits per heavy atom. The number of alkyl halides is 3. The minimum absolute atomic E-state index is 0.113. The van der Waals surface area contributed by atoms with E-state index in [2.05, 4.69) is 15.6 Å². The van der Waals surface area contributed by atoms with Gasteiger partial charge >= 0.3 is 6.18 Å². The molecule has 2 N–H and O–H groups in total. The second-order valence-electron chi connectivity index (χ2n) is 6.49. The zero-order chi connectivity index (χ0) is 21.5. The van der Waals surface area contributed by atoms with E-state index in [1.165, 1.54) is 6.07 Å². The maximum Gasteiger partial charge on any atom is 0.416 e. The van der Waals surface area contributed by atoms with Gasteiger partial charge in [0.2, 0.25) is 0 Å². The summed E-state index contributed by atoms with van der Waals surface area (Å²) < 4.78 is 61.4. The SMILES string of the molecule is CCNC(=NCc1cccc(C(F)(F)F)c1)NCCc1ccc(S(C)(=O)=O)cc1. The molecule has 2 aromatic carbocycles. The monoisotopic (exact) mass is 427 g/mol. The number of nitrogens with one attached hydrogen (secondary N) is 2. The van der Waals surface area contributed by atoms with Gasteiger partial charge in [-0.25, -0.2) is 13.4 Å². The van der Waals surface area contributed by atoms with Crippen molar-refractivity contribution in [3.8, 4) is 0 Å². The van der Waals surface area contributed by atoms with Crippen LogP contribution in [0, 0.1) is 0 Å².